The number of nitrogens with one attached hydrogen (secondary N) is 1. The van der Waals surface area contributed by atoms with Crippen molar-refractivity contribution in [3.8, 4) is 11.5 Å². The zero-order valence-electron chi connectivity index (χ0n) is 11.6. The van der Waals surface area contributed by atoms with E-state index in [0.717, 1.165) is 0 Å². The van der Waals surface area contributed by atoms with E-state index < -0.39 is 11.7 Å². The van der Waals surface area contributed by atoms with Crippen molar-refractivity contribution in [3.63, 3.8) is 0 Å². The van der Waals surface area contributed by atoms with Crippen LogP contribution >= 0.6 is 0 Å². The lowest BCUT2D eigenvalue weighted by Gasteiger charge is -2.11. The van der Waals surface area contributed by atoms with Gasteiger partial charge in [-0.1, -0.05) is 0 Å². The number of nitrogen functional groups attached to an aromatic ring is 1. The second-order valence-electron chi connectivity index (χ2n) is 4.26. The normalized spacial score (nSPS) is 10.0. The van der Waals surface area contributed by atoms with E-state index in [1.54, 1.807) is 18.2 Å². The molecule has 1 amide bonds. The highest BCUT2D eigenvalue weighted by Crippen LogP contribution is 2.25. The first kappa shape index (κ1) is 14.6. The molecular weight excluding hydrogens is 275 g/mol. The Balaban J connectivity index is 2.28. The summed E-state index contributed by atoms with van der Waals surface area (Å²) in [5, 5.41) is 2.63. The second kappa shape index (κ2) is 6.13. The van der Waals surface area contributed by atoms with Crippen LogP contribution in [0.4, 0.5) is 15.8 Å². The minimum atomic E-state index is -0.535. The molecule has 0 aliphatic rings. The largest absolute Gasteiger partial charge is 0.497 e. The Labute approximate surface area is 121 Å². The molecule has 110 valence electrons. The summed E-state index contributed by atoms with van der Waals surface area (Å²) < 4.78 is 23.3. The Morgan fingerprint density at radius 2 is 1.90 bits per heavy atom. The van der Waals surface area contributed by atoms with E-state index in [1.165, 1.54) is 32.4 Å². The van der Waals surface area contributed by atoms with E-state index in [-0.39, 0.29) is 5.69 Å². The average molecular weight is 290 g/mol. The van der Waals surface area contributed by atoms with Crippen molar-refractivity contribution in [2.75, 3.05) is 25.3 Å². The van der Waals surface area contributed by atoms with E-state index >= 15 is 0 Å². The van der Waals surface area contributed by atoms with Crippen molar-refractivity contribution in [2.45, 2.75) is 0 Å². The first-order chi connectivity index (χ1) is 10.0. The van der Waals surface area contributed by atoms with Crippen LogP contribution in [-0.2, 0) is 0 Å². The minimum Gasteiger partial charge on any atom is -0.497 e. The van der Waals surface area contributed by atoms with Gasteiger partial charge in [0, 0.05) is 5.69 Å². The highest BCUT2D eigenvalue weighted by Gasteiger charge is 2.14. The number of anilines is 2. The molecule has 0 unspecified atom stereocenters. The van der Waals surface area contributed by atoms with E-state index in [1.807, 2.05) is 0 Å². The van der Waals surface area contributed by atoms with Crippen molar-refractivity contribution in [1.29, 1.82) is 0 Å². The molecule has 2 aromatic rings. The van der Waals surface area contributed by atoms with Crippen LogP contribution in [0.2, 0.25) is 0 Å². The number of nitrogens with two attached hydrogens (primary N) is 1. The molecule has 0 aliphatic carbocycles. The fourth-order valence-electron chi connectivity index (χ4n) is 1.81. The molecule has 0 heterocycles. The fraction of sp³-hybridized carbons (Fsp3) is 0.133. The van der Waals surface area contributed by atoms with Crippen LogP contribution in [-0.4, -0.2) is 20.1 Å². The summed E-state index contributed by atoms with van der Waals surface area (Å²) in [6, 6.07) is 8.84. The number of rotatable bonds is 4. The number of methoxy groups -OCH3 is 2. The van der Waals surface area contributed by atoms with Gasteiger partial charge in [0.2, 0.25) is 0 Å². The number of halogens is 1. The predicted molar refractivity (Wildman–Crippen MR) is 78.3 cm³/mol. The quantitative estimate of drug-likeness (QED) is 0.849. The Bertz CT molecular complexity index is 674. The molecular formula is C15H15FN2O3. The number of ether oxygens (including phenoxy) is 2. The number of benzene rings is 2. The lowest BCUT2D eigenvalue weighted by atomic mass is 10.1. The standard InChI is InChI=1S/C15H15FN2O3/c1-20-10-4-6-14(21-2)11(8-10)15(19)18-9-3-5-12(16)13(17)7-9/h3-8H,17H2,1-2H3,(H,18,19). The smallest absolute Gasteiger partial charge is 0.259 e. The topological polar surface area (TPSA) is 73.6 Å². The van der Waals surface area contributed by atoms with E-state index in [4.69, 9.17) is 15.2 Å². The molecule has 0 fully saturated rings. The fourth-order valence-corrected chi connectivity index (χ4v) is 1.81. The van der Waals surface area contributed by atoms with Crippen LogP contribution in [0.1, 0.15) is 10.4 Å². The number of amides is 1. The first-order valence-corrected chi connectivity index (χ1v) is 6.13. The second-order valence-corrected chi connectivity index (χ2v) is 4.26. The van der Waals surface area contributed by atoms with E-state index in [2.05, 4.69) is 5.32 Å². The summed E-state index contributed by atoms with van der Waals surface area (Å²) >= 11 is 0. The summed E-state index contributed by atoms with van der Waals surface area (Å²) in [4.78, 5) is 12.3. The van der Waals surface area contributed by atoms with Crippen molar-refractivity contribution in [2.24, 2.45) is 0 Å². The maximum atomic E-state index is 13.1. The van der Waals surface area contributed by atoms with Crippen LogP contribution in [0.25, 0.3) is 0 Å². The number of carbonyl (C=O) groups is 1. The van der Waals surface area contributed by atoms with E-state index in [9.17, 15) is 9.18 Å². The highest BCUT2D eigenvalue weighted by molar-refractivity contribution is 6.06. The summed E-state index contributed by atoms with van der Waals surface area (Å²) in [6.45, 7) is 0. The summed E-state index contributed by atoms with van der Waals surface area (Å²) in [7, 11) is 2.97. The Hall–Kier alpha value is -2.76. The molecule has 0 atom stereocenters. The maximum absolute atomic E-state index is 13.1. The molecule has 0 saturated heterocycles. The van der Waals surface area contributed by atoms with Gasteiger partial charge in [0.15, 0.2) is 0 Å². The number of carbonyl (C=O) groups excluding carboxylic acids is 1. The zero-order chi connectivity index (χ0) is 15.4. The van der Waals surface area contributed by atoms with Crippen LogP contribution in [0.15, 0.2) is 36.4 Å². The van der Waals surface area contributed by atoms with E-state index in [0.29, 0.717) is 22.7 Å². The third-order valence-electron chi connectivity index (χ3n) is 2.91. The van der Waals surface area contributed by atoms with Gasteiger partial charge in [-0.3, -0.25) is 4.79 Å². The monoisotopic (exact) mass is 290 g/mol. The molecule has 0 aromatic heterocycles. The van der Waals surface area contributed by atoms with Gasteiger partial charge in [0.25, 0.3) is 5.91 Å². The molecule has 0 radical (unpaired) electrons. The summed E-state index contributed by atoms with van der Waals surface area (Å²) in [5.41, 5.74) is 6.13. The SMILES string of the molecule is COc1ccc(OC)c(C(=O)Nc2ccc(F)c(N)c2)c1. The van der Waals surface area contributed by atoms with Gasteiger partial charge in [-0.15, -0.1) is 0 Å². The van der Waals surface area contributed by atoms with Gasteiger partial charge in [-0.25, -0.2) is 4.39 Å². The highest BCUT2D eigenvalue weighted by atomic mass is 19.1. The van der Waals surface area contributed by atoms with Crippen molar-refractivity contribution in [3.05, 3.63) is 47.8 Å². The van der Waals surface area contributed by atoms with Gasteiger partial charge in [-0.2, -0.15) is 0 Å². The molecule has 0 saturated carbocycles. The van der Waals surface area contributed by atoms with Crippen molar-refractivity contribution < 1.29 is 18.7 Å². The van der Waals surface area contributed by atoms with Gasteiger partial charge in [0.05, 0.1) is 25.5 Å². The third-order valence-corrected chi connectivity index (χ3v) is 2.91. The van der Waals surface area contributed by atoms with Crippen molar-refractivity contribution in [1.82, 2.24) is 0 Å². The lowest BCUT2D eigenvalue weighted by Crippen LogP contribution is -2.13. The summed E-state index contributed by atoms with van der Waals surface area (Å²) in [5.74, 6) is -0.00771. The van der Waals surface area contributed by atoms with Crippen LogP contribution in [0.3, 0.4) is 0 Å². The molecule has 2 aromatic carbocycles. The van der Waals surface area contributed by atoms with Crippen LogP contribution < -0.4 is 20.5 Å². The molecule has 0 spiro atoms. The minimum absolute atomic E-state index is 0.0367. The van der Waals surface area contributed by atoms with Crippen molar-refractivity contribution >= 4 is 17.3 Å². The molecule has 0 aliphatic heterocycles. The number of hydrogen-bond donors (Lipinski definition) is 2. The number of hydrogen-bond acceptors (Lipinski definition) is 4. The van der Waals surface area contributed by atoms with Gasteiger partial charge < -0.3 is 20.5 Å². The van der Waals surface area contributed by atoms with Gasteiger partial charge in [-0.05, 0) is 36.4 Å². The first-order valence-electron chi connectivity index (χ1n) is 6.13. The average Bonchev–Trinajstić information content (AvgIpc) is 2.50. The summed E-state index contributed by atoms with van der Waals surface area (Å²) in [6.07, 6.45) is 0. The molecule has 5 nitrogen and oxygen atoms in total. The Morgan fingerprint density at radius 3 is 2.52 bits per heavy atom. The molecule has 2 rings (SSSR count). The predicted octanol–water partition coefficient (Wildman–Crippen LogP) is 2.68. The lowest BCUT2D eigenvalue weighted by molar-refractivity contribution is 0.102. The van der Waals surface area contributed by atoms with Crippen LogP contribution in [0.5, 0.6) is 11.5 Å². The van der Waals surface area contributed by atoms with Crippen LogP contribution in [0, 0.1) is 5.82 Å². The zero-order valence-corrected chi connectivity index (χ0v) is 11.6. The molecule has 21 heavy (non-hydrogen) atoms. The molecule has 3 N–H and O–H groups in total. The Kier molecular flexibility index (Phi) is 4.27. The molecule has 0 bridgehead atoms. The van der Waals surface area contributed by atoms with Gasteiger partial charge in [0.1, 0.15) is 17.3 Å². The maximum Gasteiger partial charge on any atom is 0.259 e. The van der Waals surface area contributed by atoms with Gasteiger partial charge >= 0.3 is 0 Å². The Morgan fingerprint density at radius 1 is 1.14 bits per heavy atom. The third kappa shape index (κ3) is 3.22. The molecule has 6 heteroatoms.